The lowest BCUT2D eigenvalue weighted by Crippen LogP contribution is -2.39. The molecule has 124 valence electrons. The Morgan fingerprint density at radius 2 is 2.09 bits per heavy atom. The molecule has 3 heterocycles. The number of aryl methyl sites for hydroxylation is 1. The van der Waals surface area contributed by atoms with E-state index >= 15 is 0 Å². The summed E-state index contributed by atoms with van der Waals surface area (Å²) >= 11 is 0. The van der Waals surface area contributed by atoms with Crippen LogP contribution in [0.1, 0.15) is 31.0 Å². The third kappa shape index (κ3) is 2.98. The van der Waals surface area contributed by atoms with Crippen LogP contribution in [0.15, 0.2) is 41.6 Å². The van der Waals surface area contributed by atoms with Crippen molar-refractivity contribution in [2.75, 3.05) is 13.7 Å². The fourth-order valence-electron chi connectivity index (χ4n) is 3.08. The van der Waals surface area contributed by atoms with Gasteiger partial charge in [-0.15, -0.1) is 0 Å². The van der Waals surface area contributed by atoms with Gasteiger partial charge in [0.2, 0.25) is 15.9 Å². The van der Waals surface area contributed by atoms with Crippen molar-refractivity contribution in [1.29, 1.82) is 0 Å². The van der Waals surface area contributed by atoms with Crippen molar-refractivity contribution in [3.8, 4) is 5.88 Å². The predicted molar refractivity (Wildman–Crippen MR) is 86.7 cm³/mol. The van der Waals surface area contributed by atoms with E-state index in [9.17, 15) is 8.42 Å². The van der Waals surface area contributed by atoms with Crippen molar-refractivity contribution in [3.63, 3.8) is 0 Å². The van der Waals surface area contributed by atoms with Gasteiger partial charge in [0, 0.05) is 31.5 Å². The number of methoxy groups -OCH3 is 1. The lowest BCUT2D eigenvalue weighted by atomic mass is 10.0. The SMILES string of the molecule is COc1ccc(S(=O)(=O)N2CCCC[C@H]2c2cccn2C)cn1. The maximum absolute atomic E-state index is 13.0. The van der Waals surface area contributed by atoms with E-state index in [-0.39, 0.29) is 10.9 Å². The second-order valence-electron chi connectivity index (χ2n) is 5.71. The highest BCUT2D eigenvalue weighted by molar-refractivity contribution is 7.89. The number of aromatic nitrogens is 2. The van der Waals surface area contributed by atoms with Gasteiger partial charge in [-0.3, -0.25) is 0 Å². The minimum Gasteiger partial charge on any atom is -0.481 e. The van der Waals surface area contributed by atoms with Gasteiger partial charge in [-0.25, -0.2) is 13.4 Å². The van der Waals surface area contributed by atoms with E-state index in [0.717, 1.165) is 25.0 Å². The standard InChI is InChI=1S/C16H21N3O3S/c1-18-10-5-7-14(18)15-6-3-4-11-19(15)23(20,21)13-8-9-16(22-2)17-12-13/h5,7-10,12,15H,3-4,6,11H2,1-2H3/t15-/m0/s1. The summed E-state index contributed by atoms with van der Waals surface area (Å²) in [5, 5.41) is 0. The third-order valence-corrected chi connectivity index (χ3v) is 6.20. The summed E-state index contributed by atoms with van der Waals surface area (Å²) in [4.78, 5) is 4.24. The van der Waals surface area contributed by atoms with E-state index in [1.807, 2.05) is 29.9 Å². The molecule has 0 aliphatic carbocycles. The maximum atomic E-state index is 13.0. The maximum Gasteiger partial charge on any atom is 0.245 e. The van der Waals surface area contributed by atoms with Crippen molar-refractivity contribution >= 4 is 10.0 Å². The average Bonchev–Trinajstić information content (AvgIpc) is 3.01. The molecule has 2 aromatic heterocycles. The number of rotatable bonds is 4. The second-order valence-corrected chi connectivity index (χ2v) is 7.60. The van der Waals surface area contributed by atoms with Gasteiger partial charge in [0.1, 0.15) is 4.90 Å². The van der Waals surface area contributed by atoms with E-state index in [4.69, 9.17) is 4.74 Å². The third-order valence-electron chi connectivity index (χ3n) is 4.30. The van der Waals surface area contributed by atoms with Gasteiger partial charge in [0.15, 0.2) is 0 Å². The number of hydrogen-bond acceptors (Lipinski definition) is 4. The molecule has 0 aromatic carbocycles. The first kappa shape index (κ1) is 16.0. The van der Waals surface area contributed by atoms with Crippen molar-refractivity contribution in [3.05, 3.63) is 42.4 Å². The summed E-state index contributed by atoms with van der Waals surface area (Å²) in [5.74, 6) is 0.404. The first-order valence-corrected chi connectivity index (χ1v) is 9.11. The summed E-state index contributed by atoms with van der Waals surface area (Å²) in [6.07, 6.45) is 6.06. The molecule has 1 aliphatic rings. The van der Waals surface area contributed by atoms with Gasteiger partial charge in [-0.2, -0.15) is 4.31 Å². The van der Waals surface area contributed by atoms with Gasteiger partial charge in [0.25, 0.3) is 0 Å². The van der Waals surface area contributed by atoms with Crippen LogP contribution in [0.2, 0.25) is 0 Å². The monoisotopic (exact) mass is 335 g/mol. The van der Waals surface area contributed by atoms with E-state index in [1.165, 1.54) is 13.3 Å². The Kier molecular flexibility index (Phi) is 4.41. The summed E-state index contributed by atoms with van der Waals surface area (Å²) in [6, 6.07) is 6.94. The van der Waals surface area contributed by atoms with Crippen LogP contribution in [-0.4, -0.2) is 35.9 Å². The van der Waals surface area contributed by atoms with Crippen LogP contribution < -0.4 is 4.74 Å². The molecule has 0 amide bonds. The van der Waals surface area contributed by atoms with Crippen LogP contribution in [0.3, 0.4) is 0 Å². The molecule has 0 radical (unpaired) electrons. The molecule has 0 bridgehead atoms. The molecule has 0 unspecified atom stereocenters. The fraction of sp³-hybridized carbons (Fsp3) is 0.438. The number of sulfonamides is 1. The molecule has 1 atom stereocenters. The molecule has 23 heavy (non-hydrogen) atoms. The number of nitrogens with zero attached hydrogens (tertiary/aromatic N) is 3. The van der Waals surface area contributed by atoms with Crippen molar-refractivity contribution < 1.29 is 13.2 Å². The zero-order valence-corrected chi connectivity index (χ0v) is 14.2. The summed E-state index contributed by atoms with van der Waals surface area (Å²) in [7, 11) is -0.122. The number of pyridine rings is 1. The Labute approximate surface area is 136 Å². The van der Waals surface area contributed by atoms with Crippen LogP contribution in [0.5, 0.6) is 5.88 Å². The zero-order chi connectivity index (χ0) is 16.4. The smallest absolute Gasteiger partial charge is 0.245 e. The molecule has 2 aromatic rings. The van der Waals surface area contributed by atoms with E-state index < -0.39 is 10.0 Å². The van der Waals surface area contributed by atoms with Crippen molar-refractivity contribution in [2.24, 2.45) is 7.05 Å². The lowest BCUT2D eigenvalue weighted by Gasteiger charge is -2.35. The molecule has 7 heteroatoms. The van der Waals surface area contributed by atoms with Crippen LogP contribution in [-0.2, 0) is 17.1 Å². The molecule has 0 N–H and O–H groups in total. The average molecular weight is 335 g/mol. The van der Waals surface area contributed by atoms with Crippen molar-refractivity contribution in [1.82, 2.24) is 13.9 Å². The van der Waals surface area contributed by atoms with E-state index in [2.05, 4.69) is 4.98 Å². The number of ether oxygens (including phenoxy) is 1. The van der Waals surface area contributed by atoms with Crippen molar-refractivity contribution in [2.45, 2.75) is 30.2 Å². The van der Waals surface area contributed by atoms with Crippen LogP contribution in [0.4, 0.5) is 0 Å². The van der Waals surface area contributed by atoms with E-state index in [0.29, 0.717) is 12.4 Å². The highest BCUT2D eigenvalue weighted by Crippen LogP contribution is 2.35. The van der Waals surface area contributed by atoms with Gasteiger partial charge in [0.05, 0.1) is 19.3 Å². The Morgan fingerprint density at radius 1 is 1.26 bits per heavy atom. The molecule has 1 saturated heterocycles. The number of piperidine rings is 1. The van der Waals surface area contributed by atoms with E-state index in [1.54, 1.807) is 16.4 Å². The Balaban J connectivity index is 1.97. The summed E-state index contributed by atoms with van der Waals surface area (Å²) in [6.45, 7) is 0.532. The molecule has 0 saturated carbocycles. The molecular formula is C16H21N3O3S. The predicted octanol–water partition coefficient (Wildman–Crippen LogP) is 2.34. The van der Waals surface area contributed by atoms with Crippen LogP contribution >= 0.6 is 0 Å². The van der Waals surface area contributed by atoms with Crippen LogP contribution in [0, 0.1) is 0 Å². The lowest BCUT2D eigenvalue weighted by molar-refractivity contribution is 0.248. The highest BCUT2D eigenvalue weighted by Gasteiger charge is 2.35. The van der Waals surface area contributed by atoms with Gasteiger partial charge >= 0.3 is 0 Å². The quantitative estimate of drug-likeness (QED) is 0.860. The molecule has 0 spiro atoms. The normalized spacial score (nSPS) is 19.7. The molecule has 1 fully saturated rings. The zero-order valence-electron chi connectivity index (χ0n) is 13.3. The summed E-state index contributed by atoms with van der Waals surface area (Å²) < 4.78 is 34.7. The largest absolute Gasteiger partial charge is 0.481 e. The Hall–Kier alpha value is -1.86. The second kappa shape index (κ2) is 6.33. The number of hydrogen-bond donors (Lipinski definition) is 0. The Bertz CT molecular complexity index is 768. The molecule has 6 nitrogen and oxygen atoms in total. The Morgan fingerprint density at radius 3 is 2.70 bits per heavy atom. The van der Waals surface area contributed by atoms with Gasteiger partial charge in [-0.1, -0.05) is 6.42 Å². The molecule has 1 aliphatic heterocycles. The first-order chi connectivity index (χ1) is 11.0. The molecular weight excluding hydrogens is 314 g/mol. The molecule has 3 rings (SSSR count). The van der Waals surface area contributed by atoms with Crippen LogP contribution in [0.25, 0.3) is 0 Å². The first-order valence-electron chi connectivity index (χ1n) is 7.67. The van der Waals surface area contributed by atoms with Gasteiger partial charge in [-0.05, 0) is 31.0 Å². The minimum absolute atomic E-state index is 0.129. The highest BCUT2D eigenvalue weighted by atomic mass is 32.2. The topological polar surface area (TPSA) is 64.4 Å². The summed E-state index contributed by atoms with van der Waals surface area (Å²) in [5.41, 5.74) is 1.02. The minimum atomic E-state index is -3.58. The van der Waals surface area contributed by atoms with Gasteiger partial charge < -0.3 is 9.30 Å². The fourth-order valence-corrected chi connectivity index (χ4v) is 4.70.